The quantitative estimate of drug-likeness (QED) is 0.303. The molecule has 0 saturated carbocycles. The molecule has 1 aliphatic heterocycles. The van der Waals surface area contributed by atoms with Gasteiger partial charge in [0.15, 0.2) is 0 Å². The van der Waals surface area contributed by atoms with Crippen molar-refractivity contribution in [1.29, 1.82) is 0 Å². The summed E-state index contributed by atoms with van der Waals surface area (Å²) in [5.74, 6) is 0. The highest BCUT2D eigenvalue weighted by atomic mass is 31.1. The van der Waals surface area contributed by atoms with Crippen LogP contribution in [-0.2, 0) is 38.8 Å². The van der Waals surface area contributed by atoms with Gasteiger partial charge >= 0.3 is 0 Å². The summed E-state index contributed by atoms with van der Waals surface area (Å²) in [6.07, 6.45) is 10.4. The second-order valence-electron chi connectivity index (χ2n) is 13.9. The van der Waals surface area contributed by atoms with Crippen LogP contribution in [0.2, 0.25) is 0 Å². The fourth-order valence-corrected chi connectivity index (χ4v) is 12.1. The van der Waals surface area contributed by atoms with E-state index in [-0.39, 0.29) is 18.2 Å². The summed E-state index contributed by atoms with van der Waals surface area (Å²) in [7, 11) is -0.384. The predicted molar refractivity (Wildman–Crippen MR) is 168 cm³/mol. The van der Waals surface area contributed by atoms with Crippen molar-refractivity contribution in [2.24, 2.45) is 0 Å². The number of fused-ring (bicyclic) bond motifs is 7. The number of para-hydroxylation sites is 1. The minimum Gasteiger partial charge on any atom is -0.362 e. The Kier molecular flexibility index (Phi) is 6.75. The first-order valence-electron chi connectivity index (χ1n) is 15.0. The molecule has 200 valence electrons. The van der Waals surface area contributed by atoms with Gasteiger partial charge in [-0.15, -0.1) is 0 Å². The lowest BCUT2D eigenvalue weighted by Crippen LogP contribution is -2.34. The minimum absolute atomic E-state index is 0.240. The van der Waals surface area contributed by atoms with Gasteiger partial charge in [0.1, 0.15) is 0 Å². The molecule has 0 amide bonds. The average molecular weight is 524 g/mol. The summed E-state index contributed by atoms with van der Waals surface area (Å²) in [5, 5.41) is 2.05. The Morgan fingerprint density at radius 2 is 1.00 bits per heavy atom. The van der Waals surface area contributed by atoms with E-state index < -0.39 is 0 Å². The highest BCUT2D eigenvalue weighted by molar-refractivity contribution is 7.68. The molecule has 0 fully saturated rings. The molecule has 1 heterocycles. The van der Waals surface area contributed by atoms with Crippen LogP contribution in [0.4, 0.5) is 5.69 Å². The van der Waals surface area contributed by atoms with Gasteiger partial charge in [-0.25, -0.2) is 0 Å². The zero-order valence-corrected chi connectivity index (χ0v) is 25.5. The van der Waals surface area contributed by atoms with Crippen LogP contribution in [0.25, 0.3) is 11.1 Å². The van der Waals surface area contributed by atoms with E-state index in [1.165, 1.54) is 57.1 Å². The third kappa shape index (κ3) is 4.64. The number of nitrogens with zero attached hydrogens (tertiary/aromatic N) is 1. The van der Waals surface area contributed by atoms with Crippen LogP contribution in [0.15, 0.2) is 48.5 Å². The van der Waals surface area contributed by atoms with Crippen molar-refractivity contribution >= 4 is 18.9 Å². The van der Waals surface area contributed by atoms with Crippen LogP contribution >= 0.6 is 7.92 Å². The van der Waals surface area contributed by atoms with E-state index >= 15 is 0 Å². The number of anilines is 1. The SMILES string of the molecule is CC(C)(C)P(c1ccccc1N1Cc2ccc3c(c2-c2c(ccc4c2CCCC4)C1)CCCC3)C(C)(C)C. The van der Waals surface area contributed by atoms with Crippen molar-refractivity contribution in [2.45, 2.75) is 116 Å². The molecule has 0 N–H and O–H groups in total. The normalized spacial score (nSPS) is 17.4. The van der Waals surface area contributed by atoms with Gasteiger partial charge in [-0.3, -0.25) is 0 Å². The summed E-state index contributed by atoms with van der Waals surface area (Å²) in [4.78, 5) is 2.73. The molecule has 0 aromatic heterocycles. The highest BCUT2D eigenvalue weighted by Gasteiger charge is 2.38. The first kappa shape index (κ1) is 26.1. The van der Waals surface area contributed by atoms with E-state index in [1.54, 1.807) is 49.8 Å². The molecule has 2 aliphatic carbocycles. The van der Waals surface area contributed by atoms with E-state index in [4.69, 9.17) is 0 Å². The van der Waals surface area contributed by atoms with Gasteiger partial charge in [0, 0.05) is 24.1 Å². The molecule has 6 rings (SSSR count). The van der Waals surface area contributed by atoms with Crippen molar-refractivity contribution in [1.82, 2.24) is 0 Å². The lowest BCUT2D eigenvalue weighted by atomic mass is 9.78. The fraction of sp³-hybridized carbons (Fsp3) is 0.500. The molecule has 0 atom stereocenters. The standard InChI is InChI=1S/C36H46NP/c1-35(2,3)38(36(4,5)6)32-18-12-11-17-31(32)37-23-27-21-19-25-13-7-9-15-29(25)33(27)34-28(24-37)22-20-26-14-8-10-16-30(26)34/h11-12,17-22H,7-10,13-16,23-24H2,1-6H3. The largest absolute Gasteiger partial charge is 0.362 e. The van der Waals surface area contributed by atoms with Gasteiger partial charge < -0.3 is 4.90 Å². The number of hydrogen-bond acceptors (Lipinski definition) is 1. The first-order chi connectivity index (χ1) is 18.1. The second kappa shape index (κ2) is 9.82. The molecule has 3 aliphatic rings. The van der Waals surface area contributed by atoms with Gasteiger partial charge in [-0.2, -0.15) is 0 Å². The van der Waals surface area contributed by atoms with E-state index in [0.717, 1.165) is 13.1 Å². The number of rotatable bonds is 2. The Labute approximate surface area is 232 Å². The van der Waals surface area contributed by atoms with Crippen molar-refractivity contribution in [2.75, 3.05) is 4.90 Å². The lowest BCUT2D eigenvalue weighted by molar-refractivity contribution is 0.680. The maximum Gasteiger partial charge on any atom is 0.0450 e. The molecule has 0 saturated heterocycles. The summed E-state index contributed by atoms with van der Waals surface area (Å²) in [6.45, 7) is 16.7. The van der Waals surface area contributed by atoms with E-state index in [2.05, 4.69) is 95.0 Å². The zero-order valence-electron chi connectivity index (χ0n) is 24.6. The van der Waals surface area contributed by atoms with Crippen LogP contribution < -0.4 is 10.2 Å². The van der Waals surface area contributed by atoms with Crippen LogP contribution in [0.3, 0.4) is 0 Å². The molecule has 0 bridgehead atoms. The molecule has 3 aromatic rings. The fourth-order valence-electron chi connectivity index (χ4n) is 7.93. The number of hydrogen-bond donors (Lipinski definition) is 0. The van der Waals surface area contributed by atoms with Crippen molar-refractivity contribution in [3.05, 3.63) is 81.9 Å². The Hall–Kier alpha value is -2.11. The molecule has 38 heavy (non-hydrogen) atoms. The molecule has 1 nitrogen and oxygen atoms in total. The minimum atomic E-state index is -0.384. The summed E-state index contributed by atoms with van der Waals surface area (Å²) in [5.41, 5.74) is 14.4. The smallest absolute Gasteiger partial charge is 0.0450 e. The Bertz CT molecular complexity index is 1270. The molecular weight excluding hydrogens is 477 g/mol. The van der Waals surface area contributed by atoms with Crippen LogP contribution in [-0.4, -0.2) is 10.3 Å². The molecule has 0 unspecified atom stereocenters. The zero-order chi connectivity index (χ0) is 26.7. The van der Waals surface area contributed by atoms with Crippen LogP contribution in [0.5, 0.6) is 0 Å². The second-order valence-corrected chi connectivity index (χ2v) is 17.7. The van der Waals surface area contributed by atoms with Gasteiger partial charge in [-0.05, 0) is 112 Å². The maximum absolute atomic E-state index is 2.73. The molecule has 0 radical (unpaired) electrons. The summed E-state index contributed by atoms with van der Waals surface area (Å²) >= 11 is 0. The molecule has 0 spiro atoms. The number of benzene rings is 3. The third-order valence-corrected chi connectivity index (χ3v) is 12.6. The van der Waals surface area contributed by atoms with Crippen molar-refractivity contribution < 1.29 is 0 Å². The van der Waals surface area contributed by atoms with Crippen molar-refractivity contribution in [3.8, 4) is 11.1 Å². The topological polar surface area (TPSA) is 3.24 Å². The lowest BCUT2D eigenvalue weighted by Gasteiger charge is -2.43. The van der Waals surface area contributed by atoms with Crippen LogP contribution in [0, 0.1) is 0 Å². The van der Waals surface area contributed by atoms with Gasteiger partial charge in [0.05, 0.1) is 0 Å². The Morgan fingerprint density at radius 1 is 0.553 bits per heavy atom. The summed E-state index contributed by atoms with van der Waals surface area (Å²) < 4.78 is 0. The van der Waals surface area contributed by atoms with Crippen LogP contribution in [0.1, 0.15) is 101 Å². The first-order valence-corrected chi connectivity index (χ1v) is 16.4. The van der Waals surface area contributed by atoms with Gasteiger partial charge in [0.2, 0.25) is 0 Å². The molecule has 2 heteroatoms. The Balaban J connectivity index is 1.56. The average Bonchev–Trinajstić information content (AvgIpc) is 3.04. The van der Waals surface area contributed by atoms with E-state index in [0.29, 0.717) is 0 Å². The van der Waals surface area contributed by atoms with Gasteiger partial charge in [-0.1, -0.05) is 91.9 Å². The maximum atomic E-state index is 2.73. The predicted octanol–water partition coefficient (Wildman–Crippen LogP) is 9.34. The summed E-state index contributed by atoms with van der Waals surface area (Å²) in [6, 6.07) is 19.4. The van der Waals surface area contributed by atoms with E-state index in [9.17, 15) is 0 Å². The highest BCUT2D eigenvalue weighted by Crippen LogP contribution is 2.59. The van der Waals surface area contributed by atoms with E-state index in [1.807, 2.05) is 0 Å². The monoisotopic (exact) mass is 523 g/mol. The molecule has 3 aromatic carbocycles. The van der Waals surface area contributed by atoms with Crippen molar-refractivity contribution in [3.63, 3.8) is 0 Å². The number of aryl methyl sites for hydroxylation is 2. The molecular formula is C36H46NP. The van der Waals surface area contributed by atoms with Gasteiger partial charge in [0.25, 0.3) is 0 Å². The Morgan fingerprint density at radius 3 is 1.50 bits per heavy atom. The third-order valence-electron chi connectivity index (χ3n) is 9.02.